The molecule has 0 aromatic heterocycles. The summed E-state index contributed by atoms with van der Waals surface area (Å²) in [6.45, 7) is 0. The van der Waals surface area contributed by atoms with Gasteiger partial charge in [0.05, 0.1) is 4.90 Å². The maximum Gasteiger partial charge on any atom is 0.242 e. The van der Waals surface area contributed by atoms with E-state index in [2.05, 4.69) is 5.32 Å². The molecule has 140 valence electrons. The molecule has 0 spiro atoms. The average molecular weight is 395 g/mol. The Morgan fingerprint density at radius 2 is 1.77 bits per heavy atom. The predicted molar refractivity (Wildman–Crippen MR) is 104 cm³/mol. The van der Waals surface area contributed by atoms with Gasteiger partial charge in [0, 0.05) is 48.5 Å². The maximum absolute atomic E-state index is 12.2. The summed E-state index contributed by atoms with van der Waals surface area (Å²) in [6.07, 6.45) is 0.136. The van der Waals surface area contributed by atoms with Crippen molar-refractivity contribution in [1.82, 2.24) is 4.31 Å². The lowest BCUT2D eigenvalue weighted by Crippen LogP contribution is -2.22. The standard InChI is InChI=1S/C18H22N2O4S2/c1-20(2)26(23,24)17-10-6-7-15(13-17)14-25(22)12-11-18(21)19-16-8-4-3-5-9-16/h3-10,13H,11-12,14H2,1-2H3,(H,19,21)/t25-/m1/s1. The number of nitrogens with zero attached hydrogens (tertiary/aromatic N) is 1. The Labute approximate surface area is 156 Å². The largest absolute Gasteiger partial charge is 0.326 e. The van der Waals surface area contributed by atoms with Gasteiger partial charge in [-0.2, -0.15) is 0 Å². The number of amides is 1. The molecule has 0 saturated heterocycles. The molecule has 0 saturated carbocycles. The molecule has 0 aliphatic carbocycles. The van der Waals surface area contributed by atoms with Crippen molar-refractivity contribution in [2.75, 3.05) is 25.2 Å². The molecule has 0 bridgehead atoms. The van der Waals surface area contributed by atoms with Gasteiger partial charge >= 0.3 is 0 Å². The molecule has 0 aliphatic rings. The summed E-state index contributed by atoms with van der Waals surface area (Å²) in [7, 11) is -1.86. The van der Waals surface area contributed by atoms with Crippen LogP contribution in [0.3, 0.4) is 0 Å². The topological polar surface area (TPSA) is 83.6 Å². The first-order valence-corrected chi connectivity index (χ1v) is 10.9. The van der Waals surface area contributed by atoms with E-state index in [4.69, 9.17) is 0 Å². The van der Waals surface area contributed by atoms with E-state index >= 15 is 0 Å². The van der Waals surface area contributed by atoms with Gasteiger partial charge in [0.1, 0.15) is 0 Å². The number of hydrogen-bond acceptors (Lipinski definition) is 4. The van der Waals surface area contributed by atoms with E-state index in [1.807, 2.05) is 18.2 Å². The Hall–Kier alpha value is -2.03. The molecule has 0 fully saturated rings. The van der Waals surface area contributed by atoms with Crippen molar-refractivity contribution in [3.05, 3.63) is 60.2 Å². The zero-order chi connectivity index (χ0) is 19.2. The number of rotatable bonds is 8. The molecule has 1 atom stereocenters. The molecule has 26 heavy (non-hydrogen) atoms. The van der Waals surface area contributed by atoms with Crippen molar-refractivity contribution in [3.8, 4) is 0 Å². The minimum atomic E-state index is -3.53. The molecule has 2 rings (SSSR count). The lowest BCUT2D eigenvalue weighted by atomic mass is 10.2. The van der Waals surface area contributed by atoms with Gasteiger partial charge in [0.15, 0.2) is 0 Å². The maximum atomic E-state index is 12.2. The van der Waals surface area contributed by atoms with Crippen LogP contribution in [0.5, 0.6) is 0 Å². The van der Waals surface area contributed by atoms with E-state index in [9.17, 15) is 17.4 Å². The van der Waals surface area contributed by atoms with Gasteiger partial charge in [-0.25, -0.2) is 12.7 Å². The summed E-state index contributed by atoms with van der Waals surface area (Å²) >= 11 is 0. The zero-order valence-corrected chi connectivity index (χ0v) is 16.3. The van der Waals surface area contributed by atoms with Crippen LogP contribution in [-0.4, -0.2) is 42.7 Å². The van der Waals surface area contributed by atoms with Crippen LogP contribution < -0.4 is 5.32 Å². The number of benzene rings is 2. The molecule has 2 aromatic carbocycles. The fraction of sp³-hybridized carbons (Fsp3) is 0.278. The first-order chi connectivity index (χ1) is 12.3. The van der Waals surface area contributed by atoms with Crippen LogP contribution in [0.1, 0.15) is 12.0 Å². The number of sulfonamides is 1. The Kier molecular flexibility index (Phi) is 7.07. The van der Waals surface area contributed by atoms with Crippen molar-refractivity contribution in [1.29, 1.82) is 0 Å². The van der Waals surface area contributed by atoms with E-state index < -0.39 is 20.8 Å². The first kappa shape index (κ1) is 20.3. The molecule has 1 N–H and O–H groups in total. The normalized spacial score (nSPS) is 12.7. The minimum Gasteiger partial charge on any atom is -0.326 e. The van der Waals surface area contributed by atoms with E-state index in [-0.39, 0.29) is 28.7 Å². The number of anilines is 1. The van der Waals surface area contributed by atoms with Gasteiger partial charge in [-0.05, 0) is 29.8 Å². The van der Waals surface area contributed by atoms with Crippen LogP contribution in [0.15, 0.2) is 59.5 Å². The van der Waals surface area contributed by atoms with Crippen molar-refractivity contribution >= 4 is 32.4 Å². The highest BCUT2D eigenvalue weighted by molar-refractivity contribution is 7.89. The highest BCUT2D eigenvalue weighted by atomic mass is 32.2. The van der Waals surface area contributed by atoms with Crippen LogP contribution >= 0.6 is 0 Å². The summed E-state index contributed by atoms with van der Waals surface area (Å²) in [4.78, 5) is 12.1. The second kappa shape index (κ2) is 9.07. The second-order valence-electron chi connectivity index (χ2n) is 5.89. The first-order valence-electron chi connectivity index (χ1n) is 8.00. The number of hydrogen-bond donors (Lipinski definition) is 1. The van der Waals surface area contributed by atoms with Crippen molar-refractivity contribution in [2.24, 2.45) is 0 Å². The van der Waals surface area contributed by atoms with E-state index in [0.717, 1.165) is 4.31 Å². The van der Waals surface area contributed by atoms with Crippen LogP contribution in [0.4, 0.5) is 5.69 Å². The summed E-state index contributed by atoms with van der Waals surface area (Å²) in [5, 5.41) is 2.74. The number of carbonyl (C=O) groups excluding carboxylic acids is 1. The molecular formula is C18H22N2O4S2. The van der Waals surface area contributed by atoms with Gasteiger partial charge < -0.3 is 5.32 Å². The smallest absolute Gasteiger partial charge is 0.242 e. The molecular weight excluding hydrogens is 372 g/mol. The predicted octanol–water partition coefficient (Wildman–Crippen LogP) is 2.21. The Morgan fingerprint density at radius 3 is 2.42 bits per heavy atom. The van der Waals surface area contributed by atoms with E-state index in [0.29, 0.717) is 11.3 Å². The zero-order valence-electron chi connectivity index (χ0n) is 14.7. The van der Waals surface area contributed by atoms with Crippen LogP contribution in [0.2, 0.25) is 0 Å². The van der Waals surface area contributed by atoms with Crippen LogP contribution in [-0.2, 0) is 31.4 Å². The van der Waals surface area contributed by atoms with Gasteiger partial charge in [-0.15, -0.1) is 0 Å². The quantitative estimate of drug-likeness (QED) is 0.744. The molecule has 0 aliphatic heterocycles. The van der Waals surface area contributed by atoms with Gasteiger partial charge in [-0.1, -0.05) is 30.3 Å². The van der Waals surface area contributed by atoms with Crippen molar-refractivity contribution < 1.29 is 17.4 Å². The second-order valence-corrected chi connectivity index (χ2v) is 9.62. The Morgan fingerprint density at radius 1 is 1.08 bits per heavy atom. The summed E-state index contributed by atoms with van der Waals surface area (Å²) in [5.41, 5.74) is 1.36. The number of carbonyl (C=O) groups is 1. The van der Waals surface area contributed by atoms with Gasteiger partial charge in [-0.3, -0.25) is 9.00 Å². The summed E-state index contributed by atoms with van der Waals surface area (Å²) < 4.78 is 37.7. The third kappa shape index (κ3) is 5.76. The molecule has 1 amide bonds. The average Bonchev–Trinajstić information content (AvgIpc) is 2.61. The van der Waals surface area contributed by atoms with E-state index in [1.54, 1.807) is 24.3 Å². The lowest BCUT2D eigenvalue weighted by molar-refractivity contribution is -0.115. The van der Waals surface area contributed by atoms with Gasteiger partial charge in [0.25, 0.3) is 0 Å². The number of nitrogens with one attached hydrogen (secondary N) is 1. The molecule has 0 unspecified atom stereocenters. The molecule has 2 aromatic rings. The Balaban J connectivity index is 1.91. The number of para-hydroxylation sites is 1. The fourth-order valence-corrected chi connectivity index (χ4v) is 4.30. The molecule has 0 heterocycles. The molecule has 8 heteroatoms. The van der Waals surface area contributed by atoms with Crippen molar-refractivity contribution in [3.63, 3.8) is 0 Å². The highest BCUT2D eigenvalue weighted by Gasteiger charge is 2.17. The monoisotopic (exact) mass is 394 g/mol. The summed E-state index contributed by atoms with van der Waals surface area (Å²) in [5.74, 6) is 0.215. The van der Waals surface area contributed by atoms with Crippen LogP contribution in [0.25, 0.3) is 0 Å². The molecule has 6 nitrogen and oxygen atoms in total. The van der Waals surface area contributed by atoms with E-state index in [1.165, 1.54) is 26.2 Å². The van der Waals surface area contributed by atoms with Crippen LogP contribution in [0, 0.1) is 0 Å². The highest BCUT2D eigenvalue weighted by Crippen LogP contribution is 2.16. The third-order valence-electron chi connectivity index (χ3n) is 3.62. The SMILES string of the molecule is CN(C)S(=O)(=O)c1cccc(C[S@](=O)CCC(=O)Nc2ccccc2)c1. The fourth-order valence-electron chi connectivity index (χ4n) is 2.22. The third-order valence-corrected chi connectivity index (χ3v) is 6.74. The Bertz CT molecular complexity index is 881. The summed E-state index contributed by atoms with van der Waals surface area (Å²) in [6, 6.07) is 15.5. The molecule has 0 radical (unpaired) electrons. The van der Waals surface area contributed by atoms with Crippen molar-refractivity contribution in [2.45, 2.75) is 17.1 Å². The van der Waals surface area contributed by atoms with Gasteiger partial charge in [0.2, 0.25) is 15.9 Å². The minimum absolute atomic E-state index is 0.136. The lowest BCUT2D eigenvalue weighted by Gasteiger charge is -2.12.